The van der Waals surface area contributed by atoms with Gasteiger partial charge in [0.15, 0.2) is 5.82 Å². The van der Waals surface area contributed by atoms with Gasteiger partial charge in [0, 0.05) is 18.0 Å². The summed E-state index contributed by atoms with van der Waals surface area (Å²) in [7, 11) is 0. The molecule has 1 heterocycles. The second-order valence-electron chi connectivity index (χ2n) is 9.17. The van der Waals surface area contributed by atoms with Gasteiger partial charge in [-0.3, -0.25) is 0 Å². The first-order valence-electron chi connectivity index (χ1n) is 12.3. The van der Waals surface area contributed by atoms with Crippen molar-refractivity contribution in [2.75, 3.05) is 0 Å². The normalized spacial score (nSPS) is 19.2. The summed E-state index contributed by atoms with van der Waals surface area (Å²) in [5.41, 5.74) is 2.81. The van der Waals surface area contributed by atoms with E-state index in [1.807, 2.05) is 24.5 Å². The average molecular weight is 411 g/mol. The maximum atomic E-state index is 14.4. The Morgan fingerprint density at radius 2 is 1.57 bits per heavy atom. The second kappa shape index (κ2) is 12.2. The van der Waals surface area contributed by atoms with Crippen molar-refractivity contribution in [2.24, 2.45) is 5.92 Å². The molecular weight excluding hydrogens is 371 g/mol. The minimum Gasteiger partial charge on any atom is -0.236 e. The van der Waals surface area contributed by atoms with Crippen molar-refractivity contribution in [3.05, 3.63) is 47.5 Å². The molecule has 0 spiro atoms. The molecule has 0 saturated heterocycles. The molecule has 2 aromatic rings. The van der Waals surface area contributed by atoms with Gasteiger partial charge in [0.1, 0.15) is 5.82 Å². The first-order valence-corrected chi connectivity index (χ1v) is 12.3. The minimum absolute atomic E-state index is 0.137. The maximum Gasteiger partial charge on any atom is 0.159 e. The molecule has 1 aliphatic carbocycles. The number of halogens is 1. The Morgan fingerprint density at radius 1 is 0.867 bits per heavy atom. The number of hydrogen-bond acceptors (Lipinski definition) is 2. The molecule has 0 aliphatic heterocycles. The lowest BCUT2D eigenvalue weighted by Crippen LogP contribution is -2.14. The van der Waals surface area contributed by atoms with Gasteiger partial charge in [-0.25, -0.2) is 14.4 Å². The van der Waals surface area contributed by atoms with Gasteiger partial charge >= 0.3 is 0 Å². The molecule has 1 aromatic heterocycles. The molecule has 30 heavy (non-hydrogen) atoms. The third-order valence-corrected chi connectivity index (χ3v) is 6.82. The molecule has 0 unspecified atom stereocenters. The smallest absolute Gasteiger partial charge is 0.159 e. The highest BCUT2D eigenvalue weighted by molar-refractivity contribution is 5.55. The highest BCUT2D eigenvalue weighted by Crippen LogP contribution is 2.37. The Labute approximate surface area is 182 Å². The minimum atomic E-state index is -0.137. The first-order chi connectivity index (χ1) is 14.7. The molecule has 0 bridgehead atoms. The van der Waals surface area contributed by atoms with E-state index in [1.54, 1.807) is 6.07 Å². The molecule has 0 radical (unpaired) electrons. The van der Waals surface area contributed by atoms with Crippen LogP contribution in [-0.2, 0) is 6.42 Å². The van der Waals surface area contributed by atoms with Crippen LogP contribution in [0.2, 0.25) is 0 Å². The van der Waals surface area contributed by atoms with Crippen LogP contribution in [0, 0.1) is 11.7 Å². The number of hydrogen-bond donors (Lipinski definition) is 0. The van der Waals surface area contributed by atoms with E-state index < -0.39 is 0 Å². The van der Waals surface area contributed by atoms with E-state index in [1.165, 1.54) is 69.8 Å². The molecule has 164 valence electrons. The van der Waals surface area contributed by atoms with Gasteiger partial charge in [0.25, 0.3) is 0 Å². The Balaban J connectivity index is 1.50. The molecule has 2 nitrogen and oxygen atoms in total. The lowest BCUT2D eigenvalue weighted by molar-refractivity contribution is 0.301. The van der Waals surface area contributed by atoms with Crippen molar-refractivity contribution in [3.8, 4) is 11.4 Å². The lowest BCUT2D eigenvalue weighted by Gasteiger charge is -2.28. The van der Waals surface area contributed by atoms with Crippen LogP contribution < -0.4 is 0 Å². The van der Waals surface area contributed by atoms with Gasteiger partial charge in [-0.1, -0.05) is 70.9 Å². The van der Waals surface area contributed by atoms with Crippen molar-refractivity contribution in [1.29, 1.82) is 0 Å². The number of nitrogens with zero attached hydrogens (tertiary/aromatic N) is 2. The number of rotatable bonds is 11. The van der Waals surface area contributed by atoms with Gasteiger partial charge in [-0.2, -0.15) is 0 Å². The molecule has 3 rings (SSSR count). The summed E-state index contributed by atoms with van der Waals surface area (Å²) in [4.78, 5) is 9.15. The number of benzene rings is 1. The summed E-state index contributed by atoms with van der Waals surface area (Å²) >= 11 is 0. The molecule has 0 atom stereocenters. The summed E-state index contributed by atoms with van der Waals surface area (Å²) in [6.45, 7) is 4.41. The fourth-order valence-corrected chi connectivity index (χ4v) is 4.78. The Morgan fingerprint density at radius 3 is 2.23 bits per heavy atom. The topological polar surface area (TPSA) is 25.8 Å². The Hall–Kier alpha value is -1.77. The highest BCUT2D eigenvalue weighted by atomic mass is 19.1. The largest absolute Gasteiger partial charge is 0.236 e. The number of aryl methyl sites for hydroxylation is 1. The van der Waals surface area contributed by atoms with Gasteiger partial charge in [0.05, 0.1) is 0 Å². The molecule has 0 N–H and O–H groups in total. The van der Waals surface area contributed by atoms with Gasteiger partial charge in [-0.05, 0) is 67.6 Å². The molecule has 0 amide bonds. The van der Waals surface area contributed by atoms with Crippen molar-refractivity contribution in [1.82, 2.24) is 9.97 Å². The molecule has 1 fully saturated rings. The highest BCUT2D eigenvalue weighted by Gasteiger charge is 2.22. The average Bonchev–Trinajstić information content (AvgIpc) is 2.79. The summed E-state index contributed by atoms with van der Waals surface area (Å²) < 4.78 is 14.4. The molecule has 1 aliphatic rings. The van der Waals surface area contributed by atoms with Crippen molar-refractivity contribution in [3.63, 3.8) is 0 Å². The summed E-state index contributed by atoms with van der Waals surface area (Å²) in [6.07, 6.45) is 20.3. The predicted molar refractivity (Wildman–Crippen MR) is 124 cm³/mol. The predicted octanol–water partition coefficient (Wildman–Crippen LogP) is 8.26. The van der Waals surface area contributed by atoms with Crippen LogP contribution in [0.15, 0.2) is 30.6 Å². The molecule has 1 saturated carbocycles. The molecule has 3 heteroatoms. The van der Waals surface area contributed by atoms with Gasteiger partial charge < -0.3 is 0 Å². The molecular formula is C27H39FN2. The Kier molecular flexibility index (Phi) is 9.29. The van der Waals surface area contributed by atoms with Crippen molar-refractivity contribution >= 4 is 0 Å². The fraction of sp³-hybridized carbons (Fsp3) is 0.630. The van der Waals surface area contributed by atoms with Crippen LogP contribution >= 0.6 is 0 Å². The van der Waals surface area contributed by atoms with E-state index in [9.17, 15) is 4.39 Å². The lowest BCUT2D eigenvalue weighted by atomic mass is 9.77. The maximum absolute atomic E-state index is 14.4. The van der Waals surface area contributed by atoms with Crippen molar-refractivity contribution in [2.45, 2.75) is 103 Å². The van der Waals surface area contributed by atoms with Gasteiger partial charge in [0.2, 0.25) is 0 Å². The summed E-state index contributed by atoms with van der Waals surface area (Å²) in [5.74, 6) is 1.99. The van der Waals surface area contributed by atoms with E-state index in [2.05, 4.69) is 23.8 Å². The van der Waals surface area contributed by atoms with Crippen LogP contribution in [0.4, 0.5) is 4.39 Å². The number of aromatic nitrogens is 2. The van der Waals surface area contributed by atoms with E-state index in [0.29, 0.717) is 11.7 Å². The van der Waals surface area contributed by atoms with Crippen LogP contribution in [0.25, 0.3) is 11.4 Å². The quantitative estimate of drug-likeness (QED) is 0.348. The van der Waals surface area contributed by atoms with Crippen LogP contribution in [0.3, 0.4) is 0 Å². The van der Waals surface area contributed by atoms with Gasteiger partial charge in [-0.15, -0.1) is 0 Å². The van der Waals surface area contributed by atoms with Crippen molar-refractivity contribution < 1.29 is 4.39 Å². The Bertz CT molecular complexity index is 748. The molecule has 1 aromatic carbocycles. The SMILES string of the molecule is CCCCCCCC1CCC(c2cnc(-c3ccc(CCCC)c(F)c3)nc2)CC1. The summed E-state index contributed by atoms with van der Waals surface area (Å²) in [6, 6.07) is 5.43. The zero-order chi connectivity index (χ0) is 21.2. The second-order valence-corrected chi connectivity index (χ2v) is 9.17. The van der Waals surface area contributed by atoms with E-state index in [0.717, 1.165) is 36.3 Å². The zero-order valence-electron chi connectivity index (χ0n) is 19.0. The van der Waals surface area contributed by atoms with Crippen LogP contribution in [-0.4, -0.2) is 9.97 Å². The fourth-order valence-electron chi connectivity index (χ4n) is 4.78. The van der Waals surface area contributed by atoms with Crippen LogP contribution in [0.5, 0.6) is 0 Å². The monoisotopic (exact) mass is 410 g/mol. The van der Waals surface area contributed by atoms with E-state index in [4.69, 9.17) is 0 Å². The standard InChI is InChI=1S/C27H39FN2/c1-3-5-7-8-9-10-21-12-14-22(15-13-21)25-19-29-27(30-20-25)24-17-16-23(11-6-4-2)26(28)18-24/h16-22H,3-15H2,1-2H3. The summed E-state index contributed by atoms with van der Waals surface area (Å²) in [5, 5.41) is 0. The van der Waals surface area contributed by atoms with Crippen LogP contribution in [0.1, 0.15) is 108 Å². The third-order valence-electron chi connectivity index (χ3n) is 6.82. The first kappa shape index (κ1) is 22.9. The zero-order valence-corrected chi connectivity index (χ0v) is 19.0. The number of unbranched alkanes of at least 4 members (excludes halogenated alkanes) is 5. The third kappa shape index (κ3) is 6.62. The van der Waals surface area contributed by atoms with E-state index >= 15 is 0 Å². The van der Waals surface area contributed by atoms with E-state index in [-0.39, 0.29) is 5.82 Å².